The summed E-state index contributed by atoms with van der Waals surface area (Å²) in [5.74, 6) is -0.776. The number of amides is 1. The van der Waals surface area contributed by atoms with Crippen LogP contribution < -0.4 is 5.69 Å². The molecule has 0 unspecified atom stereocenters. The number of halogens is 3. The van der Waals surface area contributed by atoms with Crippen molar-refractivity contribution in [1.29, 1.82) is 0 Å². The number of alkyl halides is 3. The highest BCUT2D eigenvalue weighted by atomic mass is 19.4. The minimum Gasteiger partial charge on any atom is -0.330 e. The molecular formula is C10H15F3N4O2. The minimum atomic E-state index is -4.47. The second-order valence-corrected chi connectivity index (χ2v) is 4.40. The van der Waals surface area contributed by atoms with Crippen LogP contribution in [-0.4, -0.2) is 43.9 Å². The van der Waals surface area contributed by atoms with Gasteiger partial charge in [-0.1, -0.05) is 0 Å². The SMILES string of the molecule is CC(C)N(CC(F)(F)F)C(=O)Cn1cnn(C)c1=O. The molecule has 0 bridgehead atoms. The van der Waals surface area contributed by atoms with Crippen LogP contribution in [0.3, 0.4) is 0 Å². The molecule has 1 heterocycles. The van der Waals surface area contributed by atoms with Crippen molar-refractivity contribution in [1.82, 2.24) is 19.2 Å². The zero-order valence-electron chi connectivity index (χ0n) is 10.8. The molecule has 0 N–H and O–H groups in total. The summed E-state index contributed by atoms with van der Waals surface area (Å²) in [6, 6.07) is -0.610. The highest BCUT2D eigenvalue weighted by molar-refractivity contribution is 5.76. The van der Waals surface area contributed by atoms with Gasteiger partial charge in [-0.15, -0.1) is 0 Å². The van der Waals surface area contributed by atoms with E-state index in [1.165, 1.54) is 20.9 Å². The lowest BCUT2D eigenvalue weighted by Crippen LogP contribution is -2.45. The van der Waals surface area contributed by atoms with Crippen LogP contribution >= 0.6 is 0 Å². The summed E-state index contributed by atoms with van der Waals surface area (Å²) in [7, 11) is 1.39. The van der Waals surface area contributed by atoms with Gasteiger partial charge in [0.05, 0.1) is 0 Å². The Kier molecular flexibility index (Phi) is 4.38. The maximum absolute atomic E-state index is 12.4. The van der Waals surface area contributed by atoms with Crippen LogP contribution in [0.15, 0.2) is 11.1 Å². The van der Waals surface area contributed by atoms with E-state index in [-0.39, 0.29) is 0 Å². The first-order chi connectivity index (χ1) is 8.61. The Morgan fingerprint density at radius 3 is 2.42 bits per heavy atom. The summed E-state index contributed by atoms with van der Waals surface area (Å²) in [6.07, 6.45) is -3.36. The number of rotatable bonds is 4. The first kappa shape index (κ1) is 15.3. The normalized spacial score (nSPS) is 11.9. The van der Waals surface area contributed by atoms with Crippen molar-refractivity contribution in [2.24, 2.45) is 7.05 Å². The fourth-order valence-electron chi connectivity index (χ4n) is 1.52. The van der Waals surface area contributed by atoms with E-state index in [1.807, 2.05) is 0 Å². The molecule has 0 saturated carbocycles. The summed E-state index contributed by atoms with van der Waals surface area (Å²) in [5.41, 5.74) is -0.552. The molecule has 108 valence electrons. The van der Waals surface area contributed by atoms with Crippen LogP contribution in [0.5, 0.6) is 0 Å². The lowest BCUT2D eigenvalue weighted by Gasteiger charge is -2.27. The highest BCUT2D eigenvalue weighted by Crippen LogP contribution is 2.18. The molecule has 19 heavy (non-hydrogen) atoms. The van der Waals surface area contributed by atoms with Crippen molar-refractivity contribution in [2.45, 2.75) is 32.6 Å². The van der Waals surface area contributed by atoms with E-state index in [1.54, 1.807) is 0 Å². The minimum absolute atomic E-state index is 0.457. The Labute approximate surface area is 107 Å². The van der Waals surface area contributed by atoms with E-state index in [2.05, 4.69) is 5.10 Å². The van der Waals surface area contributed by atoms with E-state index in [9.17, 15) is 22.8 Å². The summed E-state index contributed by atoms with van der Waals surface area (Å²) >= 11 is 0. The van der Waals surface area contributed by atoms with Crippen LogP contribution in [0.25, 0.3) is 0 Å². The predicted molar refractivity (Wildman–Crippen MR) is 60.4 cm³/mol. The molecule has 0 aliphatic heterocycles. The first-order valence-corrected chi connectivity index (χ1v) is 5.56. The zero-order valence-corrected chi connectivity index (χ0v) is 10.8. The number of carbonyl (C=O) groups excluding carboxylic acids is 1. The van der Waals surface area contributed by atoms with Gasteiger partial charge in [0.1, 0.15) is 19.4 Å². The fourth-order valence-corrected chi connectivity index (χ4v) is 1.52. The first-order valence-electron chi connectivity index (χ1n) is 5.56. The standard InChI is InChI=1S/C10H15F3N4O2/c1-7(2)17(5-10(11,12)13)8(18)4-16-6-14-15(3)9(16)19/h6-7H,4-5H2,1-3H3. The van der Waals surface area contributed by atoms with Crippen LogP contribution in [0.2, 0.25) is 0 Å². The van der Waals surface area contributed by atoms with Gasteiger partial charge < -0.3 is 4.90 Å². The number of aryl methyl sites for hydroxylation is 1. The maximum atomic E-state index is 12.4. The molecule has 0 radical (unpaired) electrons. The Balaban J connectivity index is 2.84. The summed E-state index contributed by atoms with van der Waals surface area (Å²) in [4.78, 5) is 24.0. The second kappa shape index (κ2) is 5.45. The van der Waals surface area contributed by atoms with Gasteiger partial charge in [0, 0.05) is 13.1 Å². The lowest BCUT2D eigenvalue weighted by molar-refractivity contribution is -0.165. The third kappa shape index (κ3) is 4.11. The van der Waals surface area contributed by atoms with Crippen molar-refractivity contribution in [3.63, 3.8) is 0 Å². The molecule has 0 aliphatic carbocycles. The van der Waals surface area contributed by atoms with Gasteiger partial charge >= 0.3 is 11.9 Å². The third-order valence-electron chi connectivity index (χ3n) is 2.49. The van der Waals surface area contributed by atoms with E-state index in [0.717, 1.165) is 15.6 Å². The van der Waals surface area contributed by atoms with E-state index in [0.29, 0.717) is 4.90 Å². The van der Waals surface area contributed by atoms with Crippen molar-refractivity contribution in [2.75, 3.05) is 6.54 Å². The van der Waals surface area contributed by atoms with Crippen molar-refractivity contribution >= 4 is 5.91 Å². The average molecular weight is 280 g/mol. The molecular weight excluding hydrogens is 265 g/mol. The van der Waals surface area contributed by atoms with E-state index >= 15 is 0 Å². The van der Waals surface area contributed by atoms with E-state index in [4.69, 9.17) is 0 Å². The molecule has 1 aromatic heterocycles. The largest absolute Gasteiger partial charge is 0.406 e. The van der Waals surface area contributed by atoms with Gasteiger partial charge in [-0.05, 0) is 13.8 Å². The number of carbonyl (C=O) groups is 1. The molecule has 0 fully saturated rings. The van der Waals surface area contributed by atoms with Gasteiger partial charge in [-0.2, -0.15) is 18.3 Å². The van der Waals surface area contributed by atoms with Crippen LogP contribution in [0.1, 0.15) is 13.8 Å². The number of nitrogens with zero attached hydrogens (tertiary/aromatic N) is 4. The maximum Gasteiger partial charge on any atom is 0.406 e. The van der Waals surface area contributed by atoms with Gasteiger partial charge in [-0.25, -0.2) is 9.48 Å². The summed E-state index contributed by atoms with van der Waals surface area (Å²) < 4.78 is 39.1. The highest BCUT2D eigenvalue weighted by Gasteiger charge is 2.34. The molecule has 1 amide bonds. The van der Waals surface area contributed by atoms with Crippen LogP contribution in [-0.2, 0) is 18.4 Å². The summed E-state index contributed by atoms with van der Waals surface area (Å²) in [6.45, 7) is 1.17. The second-order valence-electron chi connectivity index (χ2n) is 4.40. The molecule has 0 atom stereocenters. The van der Waals surface area contributed by atoms with Gasteiger partial charge in [0.25, 0.3) is 0 Å². The lowest BCUT2D eigenvalue weighted by atomic mass is 10.3. The third-order valence-corrected chi connectivity index (χ3v) is 2.49. The number of hydrogen-bond donors (Lipinski definition) is 0. The molecule has 1 rings (SSSR count). The molecule has 0 aliphatic rings. The molecule has 0 saturated heterocycles. The quantitative estimate of drug-likeness (QED) is 0.801. The topological polar surface area (TPSA) is 60.1 Å². The Morgan fingerprint density at radius 1 is 1.47 bits per heavy atom. The summed E-state index contributed by atoms with van der Waals surface area (Å²) in [5, 5.41) is 3.62. The number of hydrogen-bond acceptors (Lipinski definition) is 3. The van der Waals surface area contributed by atoms with Gasteiger partial charge in [0.2, 0.25) is 5.91 Å². The molecule has 0 spiro atoms. The van der Waals surface area contributed by atoms with Crippen LogP contribution in [0.4, 0.5) is 13.2 Å². The monoisotopic (exact) mass is 280 g/mol. The van der Waals surface area contributed by atoms with Gasteiger partial charge in [0.15, 0.2) is 0 Å². The average Bonchev–Trinajstić information content (AvgIpc) is 2.56. The zero-order chi connectivity index (χ0) is 14.8. The Hall–Kier alpha value is -1.80. The van der Waals surface area contributed by atoms with Gasteiger partial charge in [-0.3, -0.25) is 9.36 Å². The van der Waals surface area contributed by atoms with Crippen molar-refractivity contribution in [3.8, 4) is 0 Å². The number of aromatic nitrogens is 3. The van der Waals surface area contributed by atoms with E-state index < -0.39 is 36.9 Å². The smallest absolute Gasteiger partial charge is 0.330 e. The Morgan fingerprint density at radius 2 is 2.05 bits per heavy atom. The Bertz CT molecular complexity index is 504. The van der Waals surface area contributed by atoms with Crippen molar-refractivity contribution in [3.05, 3.63) is 16.8 Å². The molecule has 6 nitrogen and oxygen atoms in total. The van der Waals surface area contributed by atoms with Crippen molar-refractivity contribution < 1.29 is 18.0 Å². The van der Waals surface area contributed by atoms with Crippen LogP contribution in [0, 0.1) is 0 Å². The molecule has 9 heteroatoms. The molecule has 1 aromatic rings. The molecule has 0 aromatic carbocycles. The predicted octanol–water partition coefficient (Wildman–Crippen LogP) is 0.381. The fraction of sp³-hybridized carbons (Fsp3) is 0.700.